The Kier molecular flexibility index (Phi) is 4.89. The largest absolute Gasteiger partial charge is 0.444 e. The minimum absolute atomic E-state index is 0.481. The summed E-state index contributed by atoms with van der Waals surface area (Å²) in [5.41, 5.74) is 1.22. The molecular formula is C14H20FNO3. The number of aliphatic hydroxyl groups excluding tert-OH is 1. The molecule has 19 heavy (non-hydrogen) atoms. The number of alkyl halides is 1. The van der Waals surface area contributed by atoms with Gasteiger partial charge in [-0.15, -0.1) is 0 Å². The molecule has 0 aromatic heterocycles. The molecule has 0 aliphatic rings. The van der Waals surface area contributed by atoms with Crippen molar-refractivity contribution >= 4 is 11.8 Å². The van der Waals surface area contributed by atoms with Crippen LogP contribution in [0.1, 0.15) is 38.0 Å². The van der Waals surface area contributed by atoms with Gasteiger partial charge in [-0.2, -0.15) is 0 Å². The summed E-state index contributed by atoms with van der Waals surface area (Å²) >= 11 is 0. The minimum Gasteiger partial charge on any atom is -0.444 e. The van der Waals surface area contributed by atoms with Crippen molar-refractivity contribution in [3.8, 4) is 0 Å². The number of anilines is 1. The first kappa shape index (κ1) is 15.4. The second-order valence-corrected chi connectivity index (χ2v) is 5.37. The first-order valence-corrected chi connectivity index (χ1v) is 6.07. The lowest BCUT2D eigenvalue weighted by molar-refractivity contribution is 0.0636. The van der Waals surface area contributed by atoms with E-state index in [1.807, 2.05) is 0 Å². The molecule has 0 saturated heterocycles. The molecule has 0 bridgehead atoms. The summed E-state index contributed by atoms with van der Waals surface area (Å²) in [7, 11) is 0. The van der Waals surface area contributed by atoms with Crippen molar-refractivity contribution in [2.75, 3.05) is 12.0 Å². The van der Waals surface area contributed by atoms with Crippen LogP contribution in [0.4, 0.5) is 14.9 Å². The summed E-state index contributed by atoms with van der Waals surface area (Å²) in [6.45, 7) is 6.26. The number of halogens is 1. The van der Waals surface area contributed by atoms with E-state index in [-0.39, 0.29) is 0 Å². The Labute approximate surface area is 112 Å². The van der Waals surface area contributed by atoms with E-state index in [0.29, 0.717) is 11.3 Å². The van der Waals surface area contributed by atoms with E-state index < -0.39 is 24.5 Å². The van der Waals surface area contributed by atoms with Crippen molar-refractivity contribution < 1.29 is 19.0 Å². The number of rotatable bonds is 3. The number of ether oxygens (including phenoxy) is 1. The van der Waals surface area contributed by atoms with Crippen LogP contribution < -0.4 is 5.32 Å². The number of hydrogen-bond acceptors (Lipinski definition) is 3. The van der Waals surface area contributed by atoms with E-state index in [1.165, 1.54) is 0 Å². The van der Waals surface area contributed by atoms with Crippen LogP contribution in [0.15, 0.2) is 18.2 Å². The average molecular weight is 269 g/mol. The maximum Gasteiger partial charge on any atom is 0.412 e. The van der Waals surface area contributed by atoms with E-state index in [2.05, 4.69) is 5.32 Å². The molecule has 2 N–H and O–H groups in total. The zero-order valence-corrected chi connectivity index (χ0v) is 11.7. The Bertz CT molecular complexity index is 454. The van der Waals surface area contributed by atoms with Crippen molar-refractivity contribution in [1.29, 1.82) is 0 Å². The number of aliphatic hydroxyl groups is 1. The number of aryl methyl sites for hydroxylation is 1. The molecule has 1 aromatic rings. The van der Waals surface area contributed by atoms with Crippen LogP contribution in [0.25, 0.3) is 0 Å². The summed E-state index contributed by atoms with van der Waals surface area (Å²) in [6.07, 6.45) is -1.68. The third-order valence-corrected chi connectivity index (χ3v) is 2.42. The van der Waals surface area contributed by atoms with Gasteiger partial charge in [0.05, 0.1) is 0 Å². The van der Waals surface area contributed by atoms with Crippen molar-refractivity contribution in [2.45, 2.75) is 39.4 Å². The zero-order chi connectivity index (χ0) is 14.6. The molecule has 0 aliphatic carbocycles. The Morgan fingerprint density at radius 2 is 2.11 bits per heavy atom. The number of benzene rings is 1. The van der Waals surface area contributed by atoms with Gasteiger partial charge in [-0.25, -0.2) is 9.18 Å². The highest BCUT2D eigenvalue weighted by atomic mass is 19.1. The maximum atomic E-state index is 12.4. The highest BCUT2D eigenvalue weighted by Crippen LogP contribution is 2.22. The van der Waals surface area contributed by atoms with E-state index in [1.54, 1.807) is 45.9 Å². The smallest absolute Gasteiger partial charge is 0.412 e. The lowest BCUT2D eigenvalue weighted by Crippen LogP contribution is -2.27. The third kappa shape index (κ3) is 4.87. The summed E-state index contributed by atoms with van der Waals surface area (Å²) in [6, 6.07) is 4.83. The monoisotopic (exact) mass is 269 g/mol. The van der Waals surface area contributed by atoms with Gasteiger partial charge in [0.1, 0.15) is 18.4 Å². The molecule has 106 valence electrons. The Hall–Kier alpha value is -1.62. The lowest BCUT2D eigenvalue weighted by atomic mass is 10.1. The van der Waals surface area contributed by atoms with Crippen LogP contribution in [0.3, 0.4) is 0 Å². The fourth-order valence-corrected chi connectivity index (χ4v) is 1.54. The fourth-order valence-electron chi connectivity index (χ4n) is 1.54. The predicted octanol–water partition coefficient (Wildman–Crippen LogP) is 3.34. The van der Waals surface area contributed by atoms with E-state index >= 15 is 0 Å². The summed E-state index contributed by atoms with van der Waals surface area (Å²) in [5.74, 6) is 0. The molecule has 0 aliphatic heterocycles. The SMILES string of the molecule is Cc1cc(C(O)CF)ccc1NC(=O)OC(C)(C)C. The number of nitrogens with one attached hydrogen (secondary N) is 1. The standard InChI is InChI=1S/C14H20FNO3/c1-9-7-10(12(17)8-15)5-6-11(9)16-13(18)19-14(2,3)4/h5-7,12,17H,8H2,1-4H3,(H,16,18). The van der Waals surface area contributed by atoms with Gasteiger partial charge in [-0.1, -0.05) is 12.1 Å². The zero-order valence-electron chi connectivity index (χ0n) is 11.7. The molecule has 0 radical (unpaired) electrons. The van der Waals surface area contributed by atoms with Gasteiger partial charge in [-0.3, -0.25) is 5.32 Å². The normalized spacial score (nSPS) is 12.9. The minimum atomic E-state index is -1.13. The van der Waals surface area contributed by atoms with Gasteiger partial charge < -0.3 is 9.84 Å². The van der Waals surface area contributed by atoms with Gasteiger partial charge in [0, 0.05) is 5.69 Å². The molecule has 0 fully saturated rings. The number of carbonyl (C=O) groups is 1. The van der Waals surface area contributed by atoms with Crippen LogP contribution >= 0.6 is 0 Å². The summed E-state index contributed by atoms with van der Waals surface area (Å²) < 4.78 is 17.5. The Balaban J connectivity index is 2.78. The first-order valence-electron chi connectivity index (χ1n) is 6.07. The first-order chi connectivity index (χ1) is 8.73. The maximum absolute atomic E-state index is 12.4. The number of carbonyl (C=O) groups excluding carboxylic acids is 1. The molecule has 0 saturated carbocycles. The molecule has 0 heterocycles. The van der Waals surface area contributed by atoms with Crippen molar-refractivity contribution in [3.05, 3.63) is 29.3 Å². The van der Waals surface area contributed by atoms with Gasteiger partial charge in [0.25, 0.3) is 0 Å². The van der Waals surface area contributed by atoms with E-state index in [0.717, 1.165) is 5.56 Å². The van der Waals surface area contributed by atoms with Gasteiger partial charge in [-0.05, 0) is 44.9 Å². The molecule has 1 unspecified atom stereocenters. The molecule has 1 aromatic carbocycles. The fraction of sp³-hybridized carbons (Fsp3) is 0.500. The van der Waals surface area contributed by atoms with Crippen LogP contribution in [0.2, 0.25) is 0 Å². The van der Waals surface area contributed by atoms with Crippen LogP contribution in [0, 0.1) is 6.92 Å². The Morgan fingerprint density at radius 3 is 2.58 bits per heavy atom. The second-order valence-electron chi connectivity index (χ2n) is 5.37. The van der Waals surface area contributed by atoms with Crippen LogP contribution in [-0.2, 0) is 4.74 Å². The predicted molar refractivity (Wildman–Crippen MR) is 72.0 cm³/mol. The average Bonchev–Trinajstić information content (AvgIpc) is 2.28. The van der Waals surface area contributed by atoms with E-state index in [4.69, 9.17) is 4.74 Å². The van der Waals surface area contributed by atoms with Crippen molar-refractivity contribution in [3.63, 3.8) is 0 Å². The van der Waals surface area contributed by atoms with Crippen molar-refractivity contribution in [2.24, 2.45) is 0 Å². The third-order valence-electron chi connectivity index (χ3n) is 2.42. The molecule has 5 heteroatoms. The number of hydrogen-bond donors (Lipinski definition) is 2. The highest BCUT2D eigenvalue weighted by Gasteiger charge is 2.17. The lowest BCUT2D eigenvalue weighted by Gasteiger charge is -2.20. The molecule has 1 atom stereocenters. The van der Waals surface area contributed by atoms with Crippen LogP contribution in [-0.4, -0.2) is 23.5 Å². The van der Waals surface area contributed by atoms with Gasteiger partial charge in [0.15, 0.2) is 0 Å². The van der Waals surface area contributed by atoms with Crippen molar-refractivity contribution in [1.82, 2.24) is 0 Å². The molecule has 0 spiro atoms. The molecule has 1 amide bonds. The summed E-state index contributed by atoms with van der Waals surface area (Å²) in [4.78, 5) is 11.6. The topological polar surface area (TPSA) is 58.6 Å². The quantitative estimate of drug-likeness (QED) is 0.884. The summed E-state index contributed by atoms with van der Waals surface area (Å²) in [5, 5.41) is 12.0. The van der Waals surface area contributed by atoms with Crippen LogP contribution in [0.5, 0.6) is 0 Å². The second kappa shape index (κ2) is 6.02. The van der Waals surface area contributed by atoms with E-state index in [9.17, 15) is 14.3 Å². The molecular weight excluding hydrogens is 249 g/mol. The molecule has 1 rings (SSSR count). The highest BCUT2D eigenvalue weighted by molar-refractivity contribution is 5.85. The van der Waals surface area contributed by atoms with Gasteiger partial charge >= 0.3 is 6.09 Å². The Morgan fingerprint density at radius 1 is 1.47 bits per heavy atom. The van der Waals surface area contributed by atoms with Gasteiger partial charge in [0.2, 0.25) is 0 Å². The molecule has 4 nitrogen and oxygen atoms in total. The number of amides is 1.